The van der Waals surface area contributed by atoms with Gasteiger partial charge in [-0.15, -0.1) is 0 Å². The lowest BCUT2D eigenvalue weighted by Crippen LogP contribution is -2.43. The van der Waals surface area contributed by atoms with E-state index in [1.165, 1.54) is 12.1 Å². The van der Waals surface area contributed by atoms with E-state index >= 15 is 0 Å². The minimum Gasteiger partial charge on any atom is -0.464 e. The van der Waals surface area contributed by atoms with Crippen LogP contribution in [0.4, 0.5) is 18.9 Å². The number of nitrogens with one attached hydrogen (secondary N) is 1. The van der Waals surface area contributed by atoms with Gasteiger partial charge in [0.15, 0.2) is 5.11 Å². The lowest BCUT2D eigenvalue weighted by atomic mass is 10.2. The Morgan fingerprint density at radius 3 is 2.60 bits per heavy atom. The van der Waals surface area contributed by atoms with Gasteiger partial charge in [0.2, 0.25) is 0 Å². The van der Waals surface area contributed by atoms with Gasteiger partial charge in [0.05, 0.1) is 30.3 Å². The van der Waals surface area contributed by atoms with Crippen molar-refractivity contribution in [2.24, 2.45) is 0 Å². The molecule has 0 spiro atoms. The first-order valence-corrected chi connectivity index (χ1v) is 10.3. The highest BCUT2D eigenvalue weighted by Gasteiger charge is 2.33. The molecule has 0 bridgehead atoms. The fourth-order valence-corrected chi connectivity index (χ4v) is 3.62. The van der Waals surface area contributed by atoms with Crippen molar-refractivity contribution >= 4 is 34.6 Å². The third-order valence-electron chi connectivity index (χ3n) is 4.74. The molecule has 1 N–H and O–H groups in total. The SMILES string of the molecule is Cc1ccc(CN(CCN2CCOCC2)C(=S)Nc2ccc(Cl)c(C(F)(F)F)c2)o1. The average Bonchev–Trinajstić information content (AvgIpc) is 3.11. The second-order valence-electron chi connectivity index (χ2n) is 7.01. The molecule has 1 aliphatic heterocycles. The Kier molecular flexibility index (Phi) is 7.62. The summed E-state index contributed by atoms with van der Waals surface area (Å²) in [7, 11) is 0. The summed E-state index contributed by atoms with van der Waals surface area (Å²) in [4.78, 5) is 4.14. The maximum atomic E-state index is 13.2. The van der Waals surface area contributed by atoms with Crippen molar-refractivity contribution < 1.29 is 22.3 Å². The molecule has 0 radical (unpaired) electrons. The van der Waals surface area contributed by atoms with Crippen LogP contribution in [0.1, 0.15) is 17.1 Å². The van der Waals surface area contributed by atoms with Gasteiger partial charge in [0, 0.05) is 31.9 Å². The van der Waals surface area contributed by atoms with E-state index in [1.807, 2.05) is 24.0 Å². The number of hydrogen-bond donors (Lipinski definition) is 1. The summed E-state index contributed by atoms with van der Waals surface area (Å²) < 4.78 is 50.5. The molecular weight excluding hydrogens is 439 g/mol. The molecule has 0 saturated carbocycles. The molecule has 3 rings (SSSR count). The number of benzene rings is 1. The van der Waals surface area contributed by atoms with Gasteiger partial charge in [-0.05, 0) is 49.5 Å². The molecule has 1 aliphatic rings. The molecule has 2 aromatic rings. The van der Waals surface area contributed by atoms with Crippen LogP contribution >= 0.6 is 23.8 Å². The second kappa shape index (κ2) is 10.00. The van der Waals surface area contributed by atoms with E-state index in [2.05, 4.69) is 10.2 Å². The lowest BCUT2D eigenvalue weighted by molar-refractivity contribution is -0.137. The molecule has 1 aromatic carbocycles. The van der Waals surface area contributed by atoms with Crippen LogP contribution in [0.2, 0.25) is 5.02 Å². The van der Waals surface area contributed by atoms with Gasteiger partial charge >= 0.3 is 6.18 Å². The average molecular weight is 462 g/mol. The molecule has 1 saturated heterocycles. The van der Waals surface area contributed by atoms with E-state index in [4.69, 9.17) is 33.0 Å². The second-order valence-corrected chi connectivity index (χ2v) is 7.80. The number of ether oxygens (including phenoxy) is 1. The van der Waals surface area contributed by atoms with Gasteiger partial charge in [-0.2, -0.15) is 13.2 Å². The zero-order chi connectivity index (χ0) is 21.7. The van der Waals surface area contributed by atoms with Crippen LogP contribution in [-0.2, 0) is 17.5 Å². The van der Waals surface area contributed by atoms with E-state index in [9.17, 15) is 13.2 Å². The summed E-state index contributed by atoms with van der Waals surface area (Å²) >= 11 is 11.2. The molecule has 0 unspecified atom stereocenters. The number of anilines is 1. The van der Waals surface area contributed by atoms with Gasteiger partial charge < -0.3 is 19.4 Å². The van der Waals surface area contributed by atoms with Crippen LogP contribution < -0.4 is 5.32 Å². The molecule has 1 fully saturated rings. The lowest BCUT2D eigenvalue weighted by Gasteiger charge is -2.31. The van der Waals surface area contributed by atoms with Crippen molar-refractivity contribution in [2.45, 2.75) is 19.6 Å². The van der Waals surface area contributed by atoms with Gasteiger partial charge in [0.25, 0.3) is 0 Å². The standard InChI is InChI=1S/C20H23ClF3N3O2S/c1-14-2-4-16(29-14)13-27(7-6-26-8-10-28-11-9-26)19(30)25-15-3-5-18(21)17(12-15)20(22,23)24/h2-5,12H,6-11,13H2,1H3,(H,25,30). The zero-order valence-electron chi connectivity index (χ0n) is 16.5. The maximum Gasteiger partial charge on any atom is 0.417 e. The van der Waals surface area contributed by atoms with Gasteiger partial charge in [-0.1, -0.05) is 11.6 Å². The molecule has 1 aromatic heterocycles. The van der Waals surface area contributed by atoms with Crippen molar-refractivity contribution in [1.82, 2.24) is 9.80 Å². The normalized spacial score (nSPS) is 15.2. The van der Waals surface area contributed by atoms with E-state index in [0.717, 1.165) is 37.2 Å². The number of furan rings is 1. The van der Waals surface area contributed by atoms with E-state index in [-0.39, 0.29) is 10.7 Å². The third kappa shape index (κ3) is 6.34. The summed E-state index contributed by atoms with van der Waals surface area (Å²) in [6, 6.07) is 7.38. The molecule has 164 valence electrons. The maximum absolute atomic E-state index is 13.2. The van der Waals surface area contributed by atoms with Crippen LogP contribution in [-0.4, -0.2) is 54.3 Å². The van der Waals surface area contributed by atoms with Crippen LogP contribution in [0.3, 0.4) is 0 Å². The van der Waals surface area contributed by atoms with Crippen LogP contribution in [0.15, 0.2) is 34.7 Å². The Bertz CT molecular complexity index is 869. The number of halogens is 4. The van der Waals surface area contributed by atoms with Gasteiger partial charge in [-0.3, -0.25) is 4.90 Å². The molecule has 2 heterocycles. The first kappa shape index (κ1) is 22.9. The summed E-state index contributed by atoms with van der Waals surface area (Å²) in [5, 5.41) is 2.87. The molecule has 0 aliphatic carbocycles. The molecule has 0 amide bonds. The summed E-state index contributed by atoms with van der Waals surface area (Å²) in [5.74, 6) is 1.51. The smallest absolute Gasteiger partial charge is 0.417 e. The summed E-state index contributed by atoms with van der Waals surface area (Å²) in [5.41, 5.74) is -0.679. The fourth-order valence-electron chi connectivity index (χ4n) is 3.12. The van der Waals surface area contributed by atoms with Crippen LogP contribution in [0, 0.1) is 6.92 Å². The number of morpholine rings is 1. The van der Waals surface area contributed by atoms with E-state index in [1.54, 1.807) is 0 Å². The Labute approximate surface area is 183 Å². The highest BCUT2D eigenvalue weighted by molar-refractivity contribution is 7.80. The monoisotopic (exact) mass is 461 g/mol. The number of nitrogens with zero attached hydrogens (tertiary/aromatic N) is 2. The highest BCUT2D eigenvalue weighted by atomic mass is 35.5. The fraction of sp³-hybridized carbons (Fsp3) is 0.450. The Morgan fingerprint density at radius 2 is 1.97 bits per heavy atom. The highest BCUT2D eigenvalue weighted by Crippen LogP contribution is 2.36. The Balaban J connectivity index is 1.72. The van der Waals surface area contributed by atoms with Crippen molar-refractivity contribution in [3.05, 3.63) is 52.4 Å². The topological polar surface area (TPSA) is 40.9 Å². The summed E-state index contributed by atoms with van der Waals surface area (Å²) in [6.07, 6.45) is -4.54. The number of hydrogen-bond acceptors (Lipinski definition) is 4. The number of alkyl halides is 3. The third-order valence-corrected chi connectivity index (χ3v) is 5.43. The predicted molar refractivity (Wildman–Crippen MR) is 114 cm³/mol. The number of thiocarbonyl (C=S) groups is 1. The molecule has 30 heavy (non-hydrogen) atoms. The first-order chi connectivity index (χ1) is 14.2. The van der Waals surface area contributed by atoms with E-state index in [0.29, 0.717) is 31.4 Å². The van der Waals surface area contributed by atoms with Crippen LogP contribution in [0.5, 0.6) is 0 Å². The Hall–Kier alpha value is -1.81. The van der Waals surface area contributed by atoms with Gasteiger partial charge in [0.1, 0.15) is 11.5 Å². The predicted octanol–water partition coefficient (Wildman–Crippen LogP) is 4.79. The van der Waals surface area contributed by atoms with Crippen molar-refractivity contribution in [3.63, 3.8) is 0 Å². The molecule has 5 nitrogen and oxygen atoms in total. The number of aryl methyl sites for hydroxylation is 1. The van der Waals surface area contributed by atoms with Gasteiger partial charge in [-0.25, -0.2) is 0 Å². The molecule has 10 heteroatoms. The quantitative estimate of drug-likeness (QED) is 0.624. The largest absolute Gasteiger partial charge is 0.464 e. The van der Waals surface area contributed by atoms with Crippen molar-refractivity contribution in [1.29, 1.82) is 0 Å². The summed E-state index contributed by atoms with van der Waals surface area (Å²) in [6.45, 7) is 6.63. The van der Waals surface area contributed by atoms with Crippen LogP contribution in [0.25, 0.3) is 0 Å². The molecular formula is C20H23ClF3N3O2S. The number of rotatable bonds is 6. The minimum atomic E-state index is -4.54. The molecule has 0 atom stereocenters. The van der Waals surface area contributed by atoms with Crippen molar-refractivity contribution in [3.8, 4) is 0 Å². The van der Waals surface area contributed by atoms with E-state index < -0.39 is 11.7 Å². The van der Waals surface area contributed by atoms with Crippen molar-refractivity contribution in [2.75, 3.05) is 44.7 Å². The first-order valence-electron chi connectivity index (χ1n) is 9.50. The Morgan fingerprint density at radius 1 is 1.23 bits per heavy atom. The zero-order valence-corrected chi connectivity index (χ0v) is 18.0. The minimum absolute atomic E-state index is 0.226.